The average Bonchev–Trinajstić information content (AvgIpc) is 2.65. The molecule has 1 heterocycles. The third-order valence-electron chi connectivity index (χ3n) is 2.74. The smallest absolute Gasteiger partial charge is 0.155 e. The lowest BCUT2D eigenvalue weighted by molar-refractivity contribution is 0.112. The summed E-state index contributed by atoms with van der Waals surface area (Å²) < 4.78 is 15.0. The fourth-order valence-electron chi connectivity index (χ4n) is 1.89. The average molecular weight is 281 g/mol. The summed E-state index contributed by atoms with van der Waals surface area (Å²) in [6, 6.07) is 6.18. The Bertz CT molecular complexity index is 607. The largest absolute Gasteiger partial charge is 0.298 e. The van der Waals surface area contributed by atoms with Crippen molar-refractivity contribution in [3.63, 3.8) is 0 Å². The van der Waals surface area contributed by atoms with E-state index in [0.717, 1.165) is 0 Å². The molecule has 3 nitrogen and oxygen atoms in total. The van der Waals surface area contributed by atoms with Crippen molar-refractivity contribution in [3.8, 4) is 5.69 Å². The number of hydrogen-bond acceptors (Lipinski definition) is 2. The Morgan fingerprint density at radius 3 is 2.68 bits per heavy atom. The first-order chi connectivity index (χ1) is 9.04. The van der Waals surface area contributed by atoms with Crippen LogP contribution in [-0.2, 0) is 6.42 Å². The number of hydrogen-bond donors (Lipinski definition) is 0. The number of aromatic nitrogens is 2. The zero-order valence-electron chi connectivity index (χ0n) is 10.7. The minimum Gasteiger partial charge on any atom is -0.298 e. The number of halogens is 2. The maximum Gasteiger partial charge on any atom is 0.155 e. The van der Waals surface area contributed by atoms with E-state index < -0.39 is 5.82 Å². The molecule has 1 aromatic carbocycles. The van der Waals surface area contributed by atoms with Crippen LogP contribution in [0.3, 0.4) is 0 Å². The van der Waals surface area contributed by atoms with Crippen LogP contribution < -0.4 is 0 Å². The number of carbonyl (C=O) groups excluding carboxylic acids is 1. The van der Waals surface area contributed by atoms with Crippen LogP contribution in [0.5, 0.6) is 0 Å². The molecule has 0 aliphatic carbocycles. The van der Waals surface area contributed by atoms with Gasteiger partial charge >= 0.3 is 0 Å². The molecule has 5 heteroatoms. The topological polar surface area (TPSA) is 34.9 Å². The Balaban J connectivity index is 2.56. The first-order valence-electron chi connectivity index (χ1n) is 6.02. The van der Waals surface area contributed by atoms with Crippen LogP contribution in [0.2, 0.25) is 5.15 Å². The second-order valence-corrected chi connectivity index (χ2v) is 5.09. The molecule has 100 valence electrons. The van der Waals surface area contributed by atoms with Crippen LogP contribution in [0.1, 0.15) is 29.9 Å². The molecule has 0 saturated carbocycles. The van der Waals surface area contributed by atoms with Gasteiger partial charge in [-0.15, -0.1) is 0 Å². The van der Waals surface area contributed by atoms with Crippen LogP contribution in [0, 0.1) is 11.7 Å². The summed E-state index contributed by atoms with van der Waals surface area (Å²) in [5, 5.41) is 4.41. The highest BCUT2D eigenvalue weighted by atomic mass is 35.5. The zero-order valence-corrected chi connectivity index (χ0v) is 11.5. The Labute approximate surface area is 116 Å². The molecule has 1 aromatic heterocycles. The Kier molecular flexibility index (Phi) is 4.00. The van der Waals surface area contributed by atoms with Crippen molar-refractivity contribution in [1.82, 2.24) is 9.78 Å². The van der Waals surface area contributed by atoms with Crippen molar-refractivity contribution in [2.24, 2.45) is 5.92 Å². The normalized spacial score (nSPS) is 11.0. The molecule has 0 aliphatic heterocycles. The fraction of sp³-hybridized carbons (Fsp3) is 0.286. The second-order valence-electron chi connectivity index (χ2n) is 4.73. The number of rotatable bonds is 4. The third kappa shape index (κ3) is 2.68. The van der Waals surface area contributed by atoms with Crippen molar-refractivity contribution >= 4 is 17.9 Å². The number of aldehydes is 1. The van der Waals surface area contributed by atoms with E-state index in [9.17, 15) is 9.18 Å². The van der Waals surface area contributed by atoms with Gasteiger partial charge in [0, 0.05) is 0 Å². The summed E-state index contributed by atoms with van der Waals surface area (Å²) in [4.78, 5) is 11.1. The van der Waals surface area contributed by atoms with Crippen LogP contribution in [0.25, 0.3) is 5.69 Å². The third-order valence-corrected chi connectivity index (χ3v) is 3.10. The number of carbonyl (C=O) groups is 1. The second kappa shape index (κ2) is 5.53. The summed E-state index contributed by atoms with van der Waals surface area (Å²) >= 11 is 6.12. The minimum absolute atomic E-state index is 0.149. The van der Waals surface area contributed by atoms with E-state index in [-0.39, 0.29) is 10.8 Å². The lowest BCUT2D eigenvalue weighted by Crippen LogP contribution is -2.01. The molecular formula is C14H14ClFN2O. The first-order valence-corrected chi connectivity index (χ1v) is 6.39. The van der Waals surface area contributed by atoms with Gasteiger partial charge in [-0.2, -0.15) is 5.10 Å². The van der Waals surface area contributed by atoms with E-state index in [1.807, 2.05) is 13.8 Å². The van der Waals surface area contributed by atoms with Crippen molar-refractivity contribution in [1.29, 1.82) is 0 Å². The number of benzene rings is 1. The van der Waals surface area contributed by atoms with E-state index in [4.69, 9.17) is 11.6 Å². The van der Waals surface area contributed by atoms with Crippen LogP contribution >= 0.6 is 11.6 Å². The minimum atomic E-state index is -0.430. The van der Waals surface area contributed by atoms with Gasteiger partial charge in [0.05, 0.1) is 11.3 Å². The van der Waals surface area contributed by atoms with Gasteiger partial charge in [0.25, 0.3) is 0 Å². The summed E-state index contributed by atoms with van der Waals surface area (Å²) in [7, 11) is 0. The van der Waals surface area contributed by atoms with E-state index in [2.05, 4.69) is 5.10 Å². The summed E-state index contributed by atoms with van der Waals surface area (Å²) in [6.07, 6.45) is 1.29. The lowest BCUT2D eigenvalue weighted by Gasteiger charge is -2.04. The highest BCUT2D eigenvalue weighted by Crippen LogP contribution is 2.25. The monoisotopic (exact) mass is 280 g/mol. The van der Waals surface area contributed by atoms with Gasteiger partial charge in [-0.25, -0.2) is 9.07 Å². The molecular weight excluding hydrogens is 267 g/mol. The van der Waals surface area contributed by atoms with E-state index >= 15 is 0 Å². The fourth-order valence-corrected chi connectivity index (χ4v) is 2.17. The van der Waals surface area contributed by atoms with Crippen molar-refractivity contribution in [3.05, 3.63) is 46.5 Å². The SMILES string of the molecule is CC(C)Cc1nn(-c2ccccc2F)c(Cl)c1C=O. The highest BCUT2D eigenvalue weighted by molar-refractivity contribution is 6.32. The predicted octanol–water partition coefficient (Wildman–Crippen LogP) is 3.68. The van der Waals surface area contributed by atoms with Crippen LogP contribution in [0.15, 0.2) is 24.3 Å². The van der Waals surface area contributed by atoms with Crippen molar-refractivity contribution in [2.45, 2.75) is 20.3 Å². The molecule has 2 aromatic rings. The maximum absolute atomic E-state index is 13.8. The Hall–Kier alpha value is -1.68. The number of nitrogens with zero attached hydrogens (tertiary/aromatic N) is 2. The van der Waals surface area contributed by atoms with Gasteiger partial charge in [-0.1, -0.05) is 37.6 Å². The van der Waals surface area contributed by atoms with Gasteiger partial charge in [0.15, 0.2) is 6.29 Å². The molecule has 0 atom stereocenters. The molecule has 0 aliphatic rings. The van der Waals surface area contributed by atoms with Gasteiger partial charge in [0.2, 0.25) is 0 Å². The molecule has 0 fully saturated rings. The quantitative estimate of drug-likeness (QED) is 0.801. The maximum atomic E-state index is 13.8. The Morgan fingerprint density at radius 2 is 2.11 bits per heavy atom. The van der Waals surface area contributed by atoms with E-state index in [1.165, 1.54) is 10.7 Å². The summed E-state index contributed by atoms with van der Waals surface area (Å²) in [6.45, 7) is 4.04. The molecule has 0 amide bonds. The number of para-hydroxylation sites is 1. The summed E-state index contributed by atoms with van der Waals surface area (Å²) in [5.41, 5.74) is 1.17. The van der Waals surface area contributed by atoms with Crippen LogP contribution in [0.4, 0.5) is 4.39 Å². The predicted molar refractivity (Wildman–Crippen MR) is 72.5 cm³/mol. The van der Waals surface area contributed by atoms with Crippen molar-refractivity contribution in [2.75, 3.05) is 0 Å². The van der Waals surface area contributed by atoms with Gasteiger partial charge in [0.1, 0.15) is 16.7 Å². The van der Waals surface area contributed by atoms with E-state index in [0.29, 0.717) is 29.9 Å². The van der Waals surface area contributed by atoms with Gasteiger partial charge in [-0.3, -0.25) is 4.79 Å². The molecule has 0 radical (unpaired) electrons. The standard InChI is InChI=1S/C14H14ClFN2O/c1-9(2)7-12-10(8-19)14(15)18(17-12)13-6-4-3-5-11(13)16/h3-6,8-9H,7H2,1-2H3. The van der Waals surface area contributed by atoms with Crippen LogP contribution in [-0.4, -0.2) is 16.1 Å². The molecule has 0 bridgehead atoms. The van der Waals surface area contributed by atoms with E-state index in [1.54, 1.807) is 18.2 Å². The first kappa shape index (κ1) is 13.7. The highest BCUT2D eigenvalue weighted by Gasteiger charge is 2.19. The molecule has 0 spiro atoms. The van der Waals surface area contributed by atoms with Gasteiger partial charge < -0.3 is 0 Å². The molecule has 2 rings (SSSR count). The summed E-state index contributed by atoms with van der Waals surface area (Å²) in [5.74, 6) is -0.0980. The Morgan fingerprint density at radius 1 is 1.42 bits per heavy atom. The molecule has 0 unspecified atom stereocenters. The van der Waals surface area contributed by atoms with Gasteiger partial charge in [-0.05, 0) is 24.5 Å². The van der Waals surface area contributed by atoms with Crippen molar-refractivity contribution < 1.29 is 9.18 Å². The molecule has 0 saturated heterocycles. The lowest BCUT2D eigenvalue weighted by atomic mass is 10.1. The molecule has 0 N–H and O–H groups in total. The zero-order chi connectivity index (χ0) is 14.0. The molecule has 19 heavy (non-hydrogen) atoms.